The summed E-state index contributed by atoms with van der Waals surface area (Å²) in [4.78, 5) is 11.5. The fraction of sp³-hybridized carbons (Fsp3) is 0.438. The van der Waals surface area contributed by atoms with Gasteiger partial charge < -0.3 is 15.0 Å². The first-order valence-corrected chi connectivity index (χ1v) is 7.08. The molecule has 1 fully saturated rings. The van der Waals surface area contributed by atoms with Crippen LogP contribution in [0.4, 0.5) is 0 Å². The van der Waals surface area contributed by atoms with E-state index < -0.39 is 5.91 Å². The average Bonchev–Trinajstić information content (AvgIpc) is 3.02. The van der Waals surface area contributed by atoms with Crippen molar-refractivity contribution < 1.29 is 9.53 Å². The number of methoxy groups -OCH3 is 1. The molecule has 2 N–H and O–H groups in total. The van der Waals surface area contributed by atoms with Gasteiger partial charge in [0.05, 0.1) is 18.2 Å². The summed E-state index contributed by atoms with van der Waals surface area (Å²) in [7, 11) is 1.57. The van der Waals surface area contributed by atoms with Crippen LogP contribution in [0.3, 0.4) is 0 Å². The third kappa shape index (κ3) is 2.05. The molecule has 106 valence electrons. The zero-order chi connectivity index (χ0) is 14.3. The molecule has 0 saturated heterocycles. The second-order valence-electron chi connectivity index (χ2n) is 5.77. The maximum Gasteiger partial charge on any atom is 0.252 e. The van der Waals surface area contributed by atoms with Gasteiger partial charge >= 0.3 is 0 Å². The Bertz CT molecular complexity index is 660. The molecule has 0 radical (unpaired) electrons. The summed E-state index contributed by atoms with van der Waals surface area (Å²) in [6.45, 7) is 2.30. The zero-order valence-corrected chi connectivity index (χ0v) is 11.9. The van der Waals surface area contributed by atoms with E-state index >= 15 is 0 Å². The van der Waals surface area contributed by atoms with E-state index in [9.17, 15) is 4.79 Å². The van der Waals surface area contributed by atoms with Crippen LogP contribution in [0.5, 0.6) is 5.75 Å². The predicted molar refractivity (Wildman–Crippen MR) is 79.1 cm³/mol. The van der Waals surface area contributed by atoms with Crippen LogP contribution in [-0.2, 0) is 0 Å². The van der Waals surface area contributed by atoms with Gasteiger partial charge in [-0.05, 0) is 37.3 Å². The van der Waals surface area contributed by atoms with Crippen molar-refractivity contribution in [3.05, 3.63) is 30.0 Å². The Labute approximate surface area is 118 Å². The van der Waals surface area contributed by atoms with Crippen LogP contribution in [0.15, 0.2) is 24.4 Å². The molecule has 20 heavy (non-hydrogen) atoms. The fourth-order valence-electron chi connectivity index (χ4n) is 3.29. The lowest BCUT2D eigenvalue weighted by Crippen LogP contribution is -2.12. The molecule has 1 aromatic heterocycles. The van der Waals surface area contributed by atoms with Gasteiger partial charge in [0.1, 0.15) is 5.75 Å². The molecular weight excluding hydrogens is 252 g/mol. The van der Waals surface area contributed by atoms with E-state index in [1.54, 1.807) is 7.11 Å². The van der Waals surface area contributed by atoms with E-state index in [0.29, 0.717) is 17.4 Å². The molecule has 1 amide bonds. The molecule has 1 saturated carbocycles. The number of carbonyl (C=O) groups excluding carboxylic acids is 1. The highest BCUT2D eigenvalue weighted by molar-refractivity contribution is 6.00. The normalized spacial score (nSPS) is 22.3. The second kappa shape index (κ2) is 4.85. The standard InChI is InChI=1S/C16H20N2O2/c1-10-3-4-12(7-10)18-6-5-11-8-13(16(17)19)15(20-2)9-14(11)18/h5-6,8-10,12H,3-4,7H2,1-2H3,(H2,17,19)/t10-,12-/m0/s1. The van der Waals surface area contributed by atoms with Crippen LogP contribution < -0.4 is 10.5 Å². The summed E-state index contributed by atoms with van der Waals surface area (Å²) in [5.74, 6) is 0.881. The molecule has 0 bridgehead atoms. The van der Waals surface area contributed by atoms with E-state index in [2.05, 4.69) is 17.7 Å². The average molecular weight is 272 g/mol. The summed E-state index contributed by atoms with van der Waals surface area (Å²) in [5, 5.41) is 1.04. The van der Waals surface area contributed by atoms with Gasteiger partial charge in [-0.3, -0.25) is 4.79 Å². The van der Waals surface area contributed by atoms with Crippen LogP contribution >= 0.6 is 0 Å². The molecule has 2 aromatic rings. The number of nitrogens with two attached hydrogens (primary N) is 1. The second-order valence-corrected chi connectivity index (χ2v) is 5.77. The van der Waals surface area contributed by atoms with Gasteiger partial charge in [-0.1, -0.05) is 6.92 Å². The molecule has 0 aliphatic heterocycles. The van der Waals surface area contributed by atoms with Crippen molar-refractivity contribution in [1.29, 1.82) is 0 Å². The number of benzene rings is 1. The fourth-order valence-corrected chi connectivity index (χ4v) is 3.29. The van der Waals surface area contributed by atoms with Crippen molar-refractivity contribution in [2.45, 2.75) is 32.2 Å². The van der Waals surface area contributed by atoms with Gasteiger partial charge in [0.25, 0.3) is 5.91 Å². The van der Waals surface area contributed by atoms with Gasteiger partial charge in [-0.2, -0.15) is 0 Å². The van der Waals surface area contributed by atoms with Crippen LogP contribution in [0.1, 0.15) is 42.6 Å². The maximum atomic E-state index is 11.5. The Hall–Kier alpha value is -1.97. The SMILES string of the molecule is COc1cc2c(ccn2[C@H]2CC[C@H](C)C2)cc1C(N)=O. The number of aromatic nitrogens is 1. The molecule has 0 spiro atoms. The van der Waals surface area contributed by atoms with Gasteiger partial charge in [0.2, 0.25) is 0 Å². The highest BCUT2D eigenvalue weighted by Crippen LogP contribution is 2.37. The zero-order valence-electron chi connectivity index (χ0n) is 11.9. The topological polar surface area (TPSA) is 57.2 Å². The predicted octanol–water partition coefficient (Wildman–Crippen LogP) is 3.11. The Morgan fingerprint density at radius 2 is 2.20 bits per heavy atom. The molecule has 1 aliphatic rings. The molecule has 2 atom stereocenters. The lowest BCUT2D eigenvalue weighted by atomic mass is 10.1. The number of ether oxygens (including phenoxy) is 1. The van der Waals surface area contributed by atoms with Gasteiger partial charge in [-0.15, -0.1) is 0 Å². The van der Waals surface area contributed by atoms with E-state index in [-0.39, 0.29) is 0 Å². The largest absolute Gasteiger partial charge is 0.496 e. The Morgan fingerprint density at radius 3 is 2.80 bits per heavy atom. The van der Waals surface area contributed by atoms with Crippen molar-refractivity contribution in [2.24, 2.45) is 11.7 Å². The molecule has 1 aliphatic carbocycles. The first kappa shape index (κ1) is 13.0. The Kier molecular flexibility index (Phi) is 3.16. The smallest absolute Gasteiger partial charge is 0.252 e. The number of hydrogen-bond donors (Lipinski definition) is 1. The number of primary amides is 1. The molecule has 4 nitrogen and oxygen atoms in total. The highest BCUT2D eigenvalue weighted by Gasteiger charge is 2.24. The van der Waals surface area contributed by atoms with Crippen molar-refractivity contribution in [2.75, 3.05) is 7.11 Å². The number of rotatable bonds is 3. The summed E-state index contributed by atoms with van der Waals surface area (Å²) < 4.78 is 7.62. The Balaban J connectivity index is 2.10. The number of nitrogens with zero attached hydrogens (tertiary/aromatic N) is 1. The molecule has 1 aromatic carbocycles. The van der Waals surface area contributed by atoms with E-state index in [1.807, 2.05) is 18.2 Å². The summed E-state index contributed by atoms with van der Waals surface area (Å²) in [6.07, 6.45) is 5.81. The number of fused-ring (bicyclic) bond motifs is 1. The van der Waals surface area contributed by atoms with Crippen molar-refractivity contribution in [1.82, 2.24) is 4.57 Å². The molecule has 3 rings (SSSR count). The molecule has 0 unspecified atom stereocenters. The lowest BCUT2D eigenvalue weighted by molar-refractivity contribution is 0.0997. The molecule has 4 heteroatoms. The van der Waals surface area contributed by atoms with Gasteiger partial charge in [0.15, 0.2) is 0 Å². The number of carbonyl (C=O) groups is 1. The molecule has 1 heterocycles. The molecular formula is C16H20N2O2. The number of amides is 1. The monoisotopic (exact) mass is 272 g/mol. The quantitative estimate of drug-likeness (QED) is 0.933. The van der Waals surface area contributed by atoms with Gasteiger partial charge in [-0.25, -0.2) is 0 Å². The lowest BCUT2D eigenvalue weighted by Gasteiger charge is -2.15. The number of hydrogen-bond acceptors (Lipinski definition) is 2. The van der Waals surface area contributed by atoms with E-state index in [0.717, 1.165) is 16.8 Å². The summed E-state index contributed by atoms with van der Waals surface area (Å²) in [6, 6.07) is 6.35. The van der Waals surface area contributed by atoms with Crippen molar-refractivity contribution >= 4 is 16.8 Å². The summed E-state index contributed by atoms with van der Waals surface area (Å²) >= 11 is 0. The van der Waals surface area contributed by atoms with Crippen LogP contribution in [0, 0.1) is 5.92 Å². The van der Waals surface area contributed by atoms with Crippen LogP contribution in [-0.4, -0.2) is 17.6 Å². The van der Waals surface area contributed by atoms with E-state index in [1.165, 1.54) is 19.3 Å². The maximum absolute atomic E-state index is 11.5. The van der Waals surface area contributed by atoms with Crippen LogP contribution in [0.2, 0.25) is 0 Å². The minimum atomic E-state index is -0.453. The minimum Gasteiger partial charge on any atom is -0.496 e. The van der Waals surface area contributed by atoms with Crippen molar-refractivity contribution in [3.63, 3.8) is 0 Å². The van der Waals surface area contributed by atoms with Crippen LogP contribution in [0.25, 0.3) is 10.9 Å². The van der Waals surface area contributed by atoms with Gasteiger partial charge in [0, 0.05) is 23.7 Å². The third-order valence-electron chi connectivity index (χ3n) is 4.37. The van der Waals surface area contributed by atoms with Crippen molar-refractivity contribution in [3.8, 4) is 5.75 Å². The first-order valence-electron chi connectivity index (χ1n) is 7.08. The Morgan fingerprint density at radius 1 is 1.40 bits per heavy atom. The highest BCUT2D eigenvalue weighted by atomic mass is 16.5. The third-order valence-corrected chi connectivity index (χ3v) is 4.37. The minimum absolute atomic E-state index is 0.442. The summed E-state index contributed by atoms with van der Waals surface area (Å²) in [5.41, 5.74) is 6.96. The van der Waals surface area contributed by atoms with E-state index in [4.69, 9.17) is 10.5 Å². The first-order chi connectivity index (χ1) is 9.60.